The predicted octanol–water partition coefficient (Wildman–Crippen LogP) is 5.55. The van der Waals surface area contributed by atoms with Gasteiger partial charge in [0.05, 0.1) is 16.3 Å². The number of aryl methyl sites for hydroxylation is 1. The number of rotatable bonds is 5. The van der Waals surface area contributed by atoms with E-state index in [9.17, 15) is 4.39 Å². The Morgan fingerprint density at radius 2 is 1.62 bits per heavy atom. The number of nitrogens with zero attached hydrogens (tertiary/aromatic N) is 7. The van der Waals surface area contributed by atoms with E-state index in [1.807, 2.05) is 43.3 Å². The van der Waals surface area contributed by atoms with Crippen LogP contribution in [0.1, 0.15) is 37.3 Å². The van der Waals surface area contributed by atoms with Crippen molar-refractivity contribution in [3.63, 3.8) is 0 Å². The van der Waals surface area contributed by atoms with Crippen LogP contribution in [0.25, 0.3) is 33.1 Å². The lowest BCUT2D eigenvalue weighted by Gasteiger charge is -2.41. The number of likely N-dealkylation sites (N-methyl/N-ethyl adjacent to an activating group) is 1. The van der Waals surface area contributed by atoms with Crippen LogP contribution in [0.2, 0.25) is 0 Å². The van der Waals surface area contributed by atoms with Crippen molar-refractivity contribution in [2.75, 3.05) is 44.3 Å². The lowest BCUT2D eigenvalue weighted by Crippen LogP contribution is -2.49. The van der Waals surface area contributed by atoms with Crippen molar-refractivity contribution in [1.29, 1.82) is 0 Å². The third kappa shape index (κ3) is 4.94. The Labute approximate surface area is 244 Å². The molecule has 0 unspecified atom stereocenters. The fraction of sp³-hybridized carbons (Fsp3) is 0.375. The zero-order chi connectivity index (χ0) is 28.8. The van der Waals surface area contributed by atoms with Crippen molar-refractivity contribution in [1.82, 2.24) is 34.3 Å². The lowest BCUT2D eigenvalue weighted by atomic mass is 9.89. The summed E-state index contributed by atoms with van der Waals surface area (Å²) in [6.45, 7) is 6.50. The van der Waals surface area contributed by atoms with E-state index in [-0.39, 0.29) is 5.95 Å². The molecule has 0 bridgehead atoms. The first-order chi connectivity index (χ1) is 20.4. The Bertz CT molecular complexity index is 1730. The number of piperazine rings is 1. The summed E-state index contributed by atoms with van der Waals surface area (Å²) in [7, 11) is 2.21. The Morgan fingerprint density at radius 1 is 0.881 bits per heavy atom. The van der Waals surface area contributed by atoms with Crippen molar-refractivity contribution < 1.29 is 4.39 Å². The zero-order valence-corrected chi connectivity index (χ0v) is 24.1. The van der Waals surface area contributed by atoms with Crippen LogP contribution < -0.4 is 11.1 Å². The van der Waals surface area contributed by atoms with Crippen molar-refractivity contribution >= 4 is 39.4 Å². The largest absolute Gasteiger partial charge is 0.383 e. The van der Waals surface area contributed by atoms with E-state index in [0.717, 1.165) is 59.3 Å². The molecular formula is C32H36FN9. The minimum atomic E-state index is -0.530. The second kappa shape index (κ2) is 10.9. The minimum Gasteiger partial charge on any atom is -0.383 e. The molecule has 0 spiro atoms. The van der Waals surface area contributed by atoms with E-state index in [1.165, 1.54) is 25.9 Å². The molecule has 7 rings (SSSR count). The first kappa shape index (κ1) is 26.7. The van der Waals surface area contributed by atoms with Crippen molar-refractivity contribution in [3.8, 4) is 11.1 Å². The summed E-state index contributed by atoms with van der Waals surface area (Å²) < 4.78 is 17.1. The van der Waals surface area contributed by atoms with Crippen molar-refractivity contribution in [3.05, 3.63) is 66.5 Å². The molecule has 1 saturated carbocycles. The maximum atomic E-state index is 14.7. The van der Waals surface area contributed by atoms with Gasteiger partial charge in [0, 0.05) is 55.7 Å². The molecule has 2 aromatic carbocycles. The number of nitrogen functional groups attached to an aromatic ring is 1. The number of hydrogen-bond donors (Lipinski definition) is 2. The number of aromatic nitrogens is 5. The lowest BCUT2D eigenvalue weighted by molar-refractivity contribution is 0.0828. The molecule has 216 valence electrons. The molecule has 3 aromatic heterocycles. The molecule has 0 amide bonds. The first-order valence-electron chi connectivity index (χ1n) is 14.8. The first-order valence-corrected chi connectivity index (χ1v) is 14.8. The van der Waals surface area contributed by atoms with Gasteiger partial charge in [-0.05, 0) is 69.0 Å². The molecule has 1 aliphatic heterocycles. The average molecular weight is 566 g/mol. The number of halogens is 1. The van der Waals surface area contributed by atoms with E-state index >= 15 is 0 Å². The van der Waals surface area contributed by atoms with Gasteiger partial charge in [0.2, 0.25) is 11.9 Å². The molecule has 4 heterocycles. The van der Waals surface area contributed by atoms with Gasteiger partial charge in [-0.2, -0.15) is 9.37 Å². The van der Waals surface area contributed by atoms with Gasteiger partial charge in [0.1, 0.15) is 17.8 Å². The molecule has 0 radical (unpaired) electrons. The van der Waals surface area contributed by atoms with Gasteiger partial charge < -0.3 is 20.5 Å². The van der Waals surface area contributed by atoms with Crippen LogP contribution in [0.4, 0.5) is 21.8 Å². The summed E-state index contributed by atoms with van der Waals surface area (Å²) in [6.07, 6.45) is 8.39. The summed E-state index contributed by atoms with van der Waals surface area (Å²) in [4.78, 5) is 22.7. The summed E-state index contributed by atoms with van der Waals surface area (Å²) in [5, 5.41) is 4.48. The highest BCUT2D eigenvalue weighted by Gasteiger charge is 2.30. The van der Waals surface area contributed by atoms with Crippen LogP contribution in [0.15, 0.2) is 55.0 Å². The van der Waals surface area contributed by atoms with Crippen LogP contribution in [-0.4, -0.2) is 73.6 Å². The fourth-order valence-corrected chi connectivity index (χ4v) is 6.71. The molecule has 2 aliphatic rings. The van der Waals surface area contributed by atoms with E-state index in [1.54, 1.807) is 12.4 Å². The van der Waals surface area contributed by atoms with Crippen molar-refractivity contribution in [2.45, 2.75) is 44.7 Å². The number of anilines is 3. The Morgan fingerprint density at radius 3 is 2.38 bits per heavy atom. The summed E-state index contributed by atoms with van der Waals surface area (Å²) in [6, 6.07) is 14.5. The fourth-order valence-electron chi connectivity index (χ4n) is 6.71. The second-order valence-electron chi connectivity index (χ2n) is 11.7. The number of benzene rings is 2. The molecule has 10 heteroatoms. The number of nitrogens with two attached hydrogens (primary N) is 1. The van der Waals surface area contributed by atoms with Gasteiger partial charge in [0.25, 0.3) is 0 Å². The highest BCUT2D eigenvalue weighted by atomic mass is 19.1. The maximum absolute atomic E-state index is 14.7. The topological polar surface area (TPSA) is 101 Å². The molecule has 1 saturated heterocycles. The monoisotopic (exact) mass is 565 g/mol. The van der Waals surface area contributed by atoms with Crippen LogP contribution in [0, 0.1) is 12.9 Å². The molecule has 5 aromatic rings. The predicted molar refractivity (Wildman–Crippen MR) is 165 cm³/mol. The summed E-state index contributed by atoms with van der Waals surface area (Å²) in [5.74, 6) is 0.176. The number of nitrogens with one attached hydrogen (secondary N) is 1. The minimum absolute atomic E-state index is 0.222. The summed E-state index contributed by atoms with van der Waals surface area (Å²) >= 11 is 0. The van der Waals surface area contributed by atoms with Gasteiger partial charge >= 0.3 is 0 Å². The van der Waals surface area contributed by atoms with Crippen LogP contribution >= 0.6 is 0 Å². The molecule has 9 nitrogen and oxygen atoms in total. The van der Waals surface area contributed by atoms with E-state index in [2.05, 4.69) is 52.9 Å². The quantitative estimate of drug-likeness (QED) is 0.268. The molecule has 0 atom stereocenters. The van der Waals surface area contributed by atoms with Gasteiger partial charge in [-0.1, -0.05) is 24.3 Å². The molecule has 1 aliphatic carbocycles. The Hall–Kier alpha value is -4.15. The van der Waals surface area contributed by atoms with Crippen LogP contribution in [0.3, 0.4) is 0 Å². The van der Waals surface area contributed by atoms with E-state index in [0.29, 0.717) is 28.8 Å². The van der Waals surface area contributed by atoms with Gasteiger partial charge in [-0.25, -0.2) is 15.0 Å². The molecule has 42 heavy (non-hydrogen) atoms. The maximum Gasteiger partial charge on any atom is 0.230 e. The van der Waals surface area contributed by atoms with Crippen LogP contribution in [-0.2, 0) is 0 Å². The Balaban J connectivity index is 1.13. The van der Waals surface area contributed by atoms with E-state index < -0.39 is 5.95 Å². The number of hydrogen-bond acceptors (Lipinski definition) is 8. The molecular weight excluding hydrogens is 529 g/mol. The average Bonchev–Trinajstić information content (AvgIpc) is 3.39. The van der Waals surface area contributed by atoms with Gasteiger partial charge in [-0.3, -0.25) is 4.90 Å². The SMILES string of the molecule is Cc1cccc2nc(Nc3ccc(-c4cn(C5CCC(N6CCN(C)CC6)CC5)c5ncnc(N)c45)cc3)nc(F)c12. The zero-order valence-electron chi connectivity index (χ0n) is 24.1. The highest BCUT2D eigenvalue weighted by Crippen LogP contribution is 2.39. The normalized spacial score (nSPS) is 20.4. The third-order valence-corrected chi connectivity index (χ3v) is 9.09. The van der Waals surface area contributed by atoms with Crippen molar-refractivity contribution in [2.24, 2.45) is 0 Å². The smallest absolute Gasteiger partial charge is 0.230 e. The highest BCUT2D eigenvalue weighted by molar-refractivity contribution is 6.00. The van der Waals surface area contributed by atoms with Gasteiger partial charge in [-0.15, -0.1) is 0 Å². The van der Waals surface area contributed by atoms with E-state index in [4.69, 9.17) is 5.73 Å². The molecule has 2 fully saturated rings. The van der Waals surface area contributed by atoms with Crippen LogP contribution in [0.5, 0.6) is 0 Å². The summed E-state index contributed by atoms with van der Waals surface area (Å²) in [5.41, 5.74) is 11.5. The Kier molecular flexibility index (Phi) is 6.95. The molecule has 3 N–H and O–H groups in total. The second-order valence-corrected chi connectivity index (χ2v) is 11.7. The van der Waals surface area contributed by atoms with Gasteiger partial charge in [0.15, 0.2) is 0 Å². The third-order valence-electron chi connectivity index (χ3n) is 9.09. The number of fused-ring (bicyclic) bond motifs is 2. The standard InChI is InChI=1S/C32H36FN9/c1-20-4-3-5-26-27(20)29(33)39-32(38-26)37-22-8-6-21(7-9-22)25-18-42(31-28(25)30(34)35-19-36-31)24-12-10-23(11-13-24)41-16-14-40(2)15-17-41/h3-9,18-19,23-24H,10-17H2,1-2H3,(H2,34,35,36)(H,37,38,39).